The van der Waals surface area contributed by atoms with Gasteiger partial charge < -0.3 is 20.6 Å². The van der Waals surface area contributed by atoms with Gasteiger partial charge in [-0.1, -0.05) is 18.2 Å². The number of carbonyl (C=O) groups is 2. The predicted octanol–water partition coefficient (Wildman–Crippen LogP) is -0.569. The van der Waals surface area contributed by atoms with E-state index in [0.717, 1.165) is 0 Å². The van der Waals surface area contributed by atoms with E-state index in [9.17, 15) is 14.7 Å². The lowest BCUT2D eigenvalue weighted by atomic mass is 10.2. The summed E-state index contributed by atoms with van der Waals surface area (Å²) in [6, 6.07) is 8.19. The molecule has 16 heavy (non-hydrogen) atoms. The van der Waals surface area contributed by atoms with Gasteiger partial charge in [-0.2, -0.15) is 0 Å². The van der Waals surface area contributed by atoms with Gasteiger partial charge in [-0.05, 0) is 12.1 Å². The third kappa shape index (κ3) is 3.04. The maximum Gasteiger partial charge on any atom is 0.335 e. The van der Waals surface area contributed by atoms with Crippen LogP contribution in [0.5, 0.6) is 0 Å². The number of aliphatic carboxylic acids is 1. The minimum absolute atomic E-state index is 0.407. The Hall–Kier alpha value is -1.92. The van der Waals surface area contributed by atoms with E-state index in [0.29, 0.717) is 5.69 Å². The number of carboxylic acids is 1. The Morgan fingerprint density at radius 1 is 1.06 bits per heavy atom. The quantitative estimate of drug-likeness (QED) is 0.549. The molecule has 0 aliphatic heterocycles. The Morgan fingerprint density at radius 3 is 2.12 bits per heavy atom. The lowest BCUT2D eigenvalue weighted by Gasteiger charge is -2.13. The summed E-state index contributed by atoms with van der Waals surface area (Å²) in [5.41, 5.74) is 0.407. The van der Waals surface area contributed by atoms with E-state index in [-0.39, 0.29) is 0 Å². The van der Waals surface area contributed by atoms with Gasteiger partial charge in [-0.25, -0.2) is 4.79 Å². The second-order valence-corrected chi connectivity index (χ2v) is 3.08. The number of hydrogen-bond donors (Lipinski definition) is 4. The summed E-state index contributed by atoms with van der Waals surface area (Å²) in [4.78, 5) is 21.6. The maximum absolute atomic E-state index is 11.3. The van der Waals surface area contributed by atoms with Crippen LogP contribution in [0, 0.1) is 0 Å². The molecular formula is C10H11NO5. The van der Waals surface area contributed by atoms with E-state index in [1.165, 1.54) is 0 Å². The van der Waals surface area contributed by atoms with Crippen molar-refractivity contribution in [1.29, 1.82) is 0 Å². The van der Waals surface area contributed by atoms with Crippen molar-refractivity contribution in [2.24, 2.45) is 0 Å². The first-order valence-electron chi connectivity index (χ1n) is 4.47. The highest BCUT2D eigenvalue weighted by Gasteiger charge is 2.29. The molecule has 1 aromatic carbocycles. The highest BCUT2D eigenvalue weighted by molar-refractivity contribution is 5.97. The average Bonchev–Trinajstić information content (AvgIpc) is 2.28. The van der Waals surface area contributed by atoms with Gasteiger partial charge in [0.15, 0.2) is 12.2 Å². The molecule has 0 heterocycles. The predicted molar refractivity (Wildman–Crippen MR) is 54.7 cm³/mol. The first-order valence-corrected chi connectivity index (χ1v) is 4.47. The Kier molecular flexibility index (Phi) is 3.98. The van der Waals surface area contributed by atoms with Crippen molar-refractivity contribution in [2.45, 2.75) is 12.2 Å². The van der Waals surface area contributed by atoms with Gasteiger partial charge in [0.25, 0.3) is 5.91 Å². The van der Waals surface area contributed by atoms with E-state index in [1.54, 1.807) is 30.3 Å². The van der Waals surface area contributed by atoms with Crippen LogP contribution < -0.4 is 5.32 Å². The Labute approximate surface area is 91.1 Å². The van der Waals surface area contributed by atoms with Crippen LogP contribution in [0.15, 0.2) is 30.3 Å². The number of carboxylic acid groups (broad SMARTS) is 1. The van der Waals surface area contributed by atoms with Crippen LogP contribution in [-0.4, -0.2) is 39.4 Å². The Balaban J connectivity index is 2.63. The van der Waals surface area contributed by atoms with E-state index < -0.39 is 24.1 Å². The van der Waals surface area contributed by atoms with Crippen molar-refractivity contribution in [1.82, 2.24) is 0 Å². The van der Waals surface area contributed by atoms with E-state index in [1.807, 2.05) is 0 Å². The molecule has 1 rings (SSSR count). The first kappa shape index (κ1) is 12.2. The number of para-hydroxylation sites is 1. The average molecular weight is 225 g/mol. The molecule has 0 bridgehead atoms. The molecule has 0 radical (unpaired) electrons. The summed E-state index contributed by atoms with van der Waals surface area (Å²) in [7, 11) is 0. The van der Waals surface area contributed by atoms with Crippen molar-refractivity contribution in [3.05, 3.63) is 30.3 Å². The molecule has 0 aliphatic carbocycles. The molecule has 0 fully saturated rings. The zero-order valence-electron chi connectivity index (χ0n) is 8.20. The minimum Gasteiger partial charge on any atom is -0.479 e. The number of anilines is 1. The number of nitrogens with one attached hydrogen (secondary N) is 1. The number of rotatable bonds is 4. The molecule has 6 nitrogen and oxygen atoms in total. The van der Waals surface area contributed by atoms with Gasteiger partial charge in [0.05, 0.1) is 0 Å². The van der Waals surface area contributed by atoms with Crippen LogP contribution in [-0.2, 0) is 9.59 Å². The zero-order chi connectivity index (χ0) is 12.1. The fraction of sp³-hybridized carbons (Fsp3) is 0.200. The van der Waals surface area contributed by atoms with Crippen molar-refractivity contribution >= 4 is 17.6 Å². The first-order chi connectivity index (χ1) is 7.52. The lowest BCUT2D eigenvalue weighted by molar-refractivity contribution is -0.156. The van der Waals surface area contributed by atoms with Gasteiger partial charge in [0, 0.05) is 5.69 Å². The highest BCUT2D eigenvalue weighted by atomic mass is 16.4. The molecule has 0 saturated carbocycles. The summed E-state index contributed by atoms with van der Waals surface area (Å²) < 4.78 is 0. The minimum atomic E-state index is -2.14. The number of carbonyl (C=O) groups excluding carboxylic acids is 1. The molecule has 1 amide bonds. The molecule has 2 atom stereocenters. The molecule has 0 aromatic heterocycles. The third-order valence-corrected chi connectivity index (χ3v) is 1.86. The second-order valence-electron chi connectivity index (χ2n) is 3.08. The normalized spacial score (nSPS) is 13.9. The van der Waals surface area contributed by atoms with Gasteiger partial charge in [-0.15, -0.1) is 0 Å². The number of aliphatic hydroxyl groups excluding tert-OH is 2. The highest BCUT2D eigenvalue weighted by Crippen LogP contribution is 2.06. The summed E-state index contributed by atoms with van der Waals surface area (Å²) in [5, 5.41) is 28.8. The zero-order valence-corrected chi connectivity index (χ0v) is 8.20. The number of amides is 1. The molecule has 0 saturated heterocycles. The summed E-state index contributed by atoms with van der Waals surface area (Å²) in [6.45, 7) is 0. The van der Waals surface area contributed by atoms with Crippen LogP contribution in [0.4, 0.5) is 5.69 Å². The third-order valence-electron chi connectivity index (χ3n) is 1.86. The summed E-state index contributed by atoms with van der Waals surface area (Å²) in [6.07, 6.45) is -4.14. The molecule has 0 unspecified atom stereocenters. The van der Waals surface area contributed by atoms with Crippen LogP contribution in [0.3, 0.4) is 0 Å². The monoisotopic (exact) mass is 225 g/mol. The second kappa shape index (κ2) is 5.24. The van der Waals surface area contributed by atoms with E-state index >= 15 is 0 Å². The fourth-order valence-corrected chi connectivity index (χ4v) is 1.02. The SMILES string of the molecule is O=C(O)[C@H](O)[C@@H](O)C(=O)Nc1ccccc1. The molecule has 1 aromatic rings. The van der Waals surface area contributed by atoms with Crippen LogP contribution in [0.25, 0.3) is 0 Å². The van der Waals surface area contributed by atoms with Crippen molar-refractivity contribution in [3.63, 3.8) is 0 Å². The van der Waals surface area contributed by atoms with E-state index in [4.69, 9.17) is 10.2 Å². The lowest BCUT2D eigenvalue weighted by Crippen LogP contribution is -2.42. The Bertz CT molecular complexity index is 378. The number of aliphatic hydroxyl groups is 2. The fourth-order valence-electron chi connectivity index (χ4n) is 1.02. The van der Waals surface area contributed by atoms with Gasteiger partial charge in [0.1, 0.15) is 0 Å². The van der Waals surface area contributed by atoms with Gasteiger partial charge in [0.2, 0.25) is 0 Å². The smallest absolute Gasteiger partial charge is 0.335 e. The van der Waals surface area contributed by atoms with E-state index in [2.05, 4.69) is 5.32 Å². The molecule has 4 N–H and O–H groups in total. The van der Waals surface area contributed by atoms with Crippen LogP contribution in [0.1, 0.15) is 0 Å². The summed E-state index contributed by atoms with van der Waals surface area (Å²) in [5.74, 6) is -2.63. The molecule has 0 spiro atoms. The maximum atomic E-state index is 11.3. The van der Waals surface area contributed by atoms with Crippen LogP contribution >= 0.6 is 0 Å². The number of benzene rings is 1. The van der Waals surface area contributed by atoms with Crippen LogP contribution in [0.2, 0.25) is 0 Å². The molecule has 86 valence electrons. The standard InChI is InChI=1S/C10H11NO5/c12-7(8(13)10(15)16)9(14)11-6-4-2-1-3-5-6/h1-5,7-8,12-13H,(H,11,14)(H,15,16)/t7-,8-/m1/s1. The van der Waals surface area contributed by atoms with Gasteiger partial charge >= 0.3 is 5.97 Å². The largest absolute Gasteiger partial charge is 0.479 e. The Morgan fingerprint density at radius 2 is 1.62 bits per heavy atom. The molecular weight excluding hydrogens is 214 g/mol. The molecule has 6 heteroatoms. The topological polar surface area (TPSA) is 107 Å². The van der Waals surface area contributed by atoms with Crippen molar-refractivity contribution in [2.75, 3.05) is 5.32 Å². The molecule has 0 aliphatic rings. The van der Waals surface area contributed by atoms with Crippen molar-refractivity contribution < 1.29 is 24.9 Å². The summed E-state index contributed by atoms with van der Waals surface area (Å²) >= 11 is 0. The van der Waals surface area contributed by atoms with Crippen molar-refractivity contribution in [3.8, 4) is 0 Å². The number of hydrogen-bond acceptors (Lipinski definition) is 4. The van der Waals surface area contributed by atoms with Gasteiger partial charge in [-0.3, -0.25) is 4.79 Å².